The van der Waals surface area contributed by atoms with Crippen molar-refractivity contribution in [2.24, 2.45) is 5.92 Å². The molecule has 0 unspecified atom stereocenters. The van der Waals surface area contributed by atoms with Crippen molar-refractivity contribution < 1.29 is 14.3 Å². The van der Waals surface area contributed by atoms with Crippen LogP contribution in [-0.4, -0.2) is 49.6 Å². The minimum absolute atomic E-state index is 0.0285. The summed E-state index contributed by atoms with van der Waals surface area (Å²) in [5.74, 6) is 1.43. The lowest BCUT2D eigenvalue weighted by atomic mass is 10.00. The molecule has 2 fully saturated rings. The Balaban J connectivity index is 1.59. The molecule has 6 nitrogen and oxygen atoms in total. The van der Waals surface area contributed by atoms with Crippen LogP contribution < -0.4 is 15.0 Å². The summed E-state index contributed by atoms with van der Waals surface area (Å²) in [6.07, 6.45) is 2.44. The third-order valence-corrected chi connectivity index (χ3v) is 4.89. The van der Waals surface area contributed by atoms with Crippen molar-refractivity contribution in [3.8, 4) is 5.75 Å². The average Bonchev–Trinajstić information content (AvgIpc) is 2.95. The van der Waals surface area contributed by atoms with Crippen molar-refractivity contribution in [1.82, 2.24) is 10.2 Å². The van der Waals surface area contributed by atoms with Gasteiger partial charge in [0.25, 0.3) is 0 Å². The van der Waals surface area contributed by atoms with Crippen LogP contribution in [0.3, 0.4) is 0 Å². The number of amides is 3. The molecule has 6 heteroatoms. The normalized spacial score (nSPS) is 21.9. The molecule has 0 radical (unpaired) electrons. The van der Waals surface area contributed by atoms with Gasteiger partial charge in [-0.3, -0.25) is 4.79 Å². The summed E-state index contributed by atoms with van der Waals surface area (Å²) in [6.45, 7) is 4.32. The van der Waals surface area contributed by atoms with Gasteiger partial charge in [0.2, 0.25) is 5.91 Å². The van der Waals surface area contributed by atoms with Crippen molar-refractivity contribution in [3.05, 3.63) is 24.3 Å². The number of carbonyl (C=O) groups excluding carboxylic acids is 2. The fourth-order valence-corrected chi connectivity index (χ4v) is 3.31. The first-order chi connectivity index (χ1) is 11.6. The van der Waals surface area contributed by atoms with E-state index < -0.39 is 0 Å². The molecule has 0 bridgehead atoms. The molecule has 2 heterocycles. The minimum Gasteiger partial charge on any atom is -0.497 e. The van der Waals surface area contributed by atoms with Gasteiger partial charge in [-0.15, -0.1) is 0 Å². The van der Waals surface area contributed by atoms with E-state index in [1.807, 2.05) is 29.2 Å². The summed E-state index contributed by atoms with van der Waals surface area (Å²) in [6, 6.07) is 7.25. The van der Waals surface area contributed by atoms with Gasteiger partial charge in [-0.25, -0.2) is 4.79 Å². The van der Waals surface area contributed by atoms with Gasteiger partial charge in [-0.2, -0.15) is 0 Å². The quantitative estimate of drug-likeness (QED) is 0.924. The molecular formula is C18H25N3O3. The Morgan fingerprint density at radius 2 is 2.04 bits per heavy atom. The number of ether oxygens (including phenoxy) is 1. The van der Waals surface area contributed by atoms with Crippen LogP contribution in [0.1, 0.15) is 26.2 Å². The van der Waals surface area contributed by atoms with Crippen molar-refractivity contribution in [3.63, 3.8) is 0 Å². The monoisotopic (exact) mass is 331 g/mol. The first-order valence-corrected chi connectivity index (χ1v) is 8.56. The van der Waals surface area contributed by atoms with Crippen LogP contribution in [0.15, 0.2) is 24.3 Å². The molecule has 1 aromatic rings. The van der Waals surface area contributed by atoms with Crippen LogP contribution in [0.2, 0.25) is 0 Å². The van der Waals surface area contributed by atoms with Crippen LogP contribution in [0.25, 0.3) is 0 Å². The Labute approximate surface area is 142 Å². The number of benzene rings is 1. The molecular weight excluding hydrogens is 306 g/mol. The van der Waals surface area contributed by atoms with E-state index in [4.69, 9.17) is 4.74 Å². The number of hydrogen-bond donors (Lipinski definition) is 1. The number of likely N-dealkylation sites (tertiary alicyclic amines) is 1. The largest absolute Gasteiger partial charge is 0.497 e. The van der Waals surface area contributed by atoms with Crippen molar-refractivity contribution in [1.29, 1.82) is 0 Å². The lowest BCUT2D eigenvalue weighted by Gasteiger charge is -2.31. The van der Waals surface area contributed by atoms with E-state index in [0.29, 0.717) is 18.9 Å². The SMILES string of the molecule is COc1cccc(N2C[C@@H](NC(=O)N3CCC(C)CC3)CC2=O)c1. The number of piperidine rings is 1. The molecule has 3 rings (SSSR count). The zero-order chi connectivity index (χ0) is 17.1. The predicted octanol–water partition coefficient (Wildman–Crippen LogP) is 2.24. The lowest BCUT2D eigenvalue weighted by Crippen LogP contribution is -2.48. The number of carbonyl (C=O) groups is 2. The average molecular weight is 331 g/mol. The molecule has 3 amide bonds. The van der Waals surface area contributed by atoms with E-state index in [1.165, 1.54) is 0 Å². The molecule has 2 aliphatic heterocycles. The third-order valence-electron chi connectivity index (χ3n) is 4.89. The standard InChI is InChI=1S/C18H25N3O3/c1-13-6-8-20(9-7-13)18(23)19-14-10-17(22)21(12-14)15-4-3-5-16(11-15)24-2/h3-5,11,13-14H,6-10,12H2,1-2H3,(H,19,23)/t14-/m0/s1. The van der Waals surface area contributed by atoms with E-state index in [9.17, 15) is 9.59 Å². The van der Waals surface area contributed by atoms with Crippen LogP contribution in [0.4, 0.5) is 10.5 Å². The van der Waals surface area contributed by atoms with E-state index in [0.717, 1.165) is 37.4 Å². The highest BCUT2D eigenvalue weighted by atomic mass is 16.5. The zero-order valence-corrected chi connectivity index (χ0v) is 14.3. The van der Waals surface area contributed by atoms with Gasteiger partial charge in [0, 0.05) is 37.8 Å². The fourth-order valence-electron chi connectivity index (χ4n) is 3.31. The van der Waals surface area contributed by atoms with Crippen molar-refractivity contribution in [2.75, 3.05) is 31.6 Å². The number of hydrogen-bond acceptors (Lipinski definition) is 3. The summed E-state index contributed by atoms with van der Waals surface area (Å²) >= 11 is 0. The van der Waals surface area contributed by atoms with Crippen LogP contribution >= 0.6 is 0 Å². The maximum atomic E-state index is 12.4. The van der Waals surface area contributed by atoms with Gasteiger partial charge in [-0.1, -0.05) is 13.0 Å². The minimum atomic E-state index is -0.143. The number of rotatable bonds is 3. The number of nitrogens with one attached hydrogen (secondary N) is 1. The first kappa shape index (κ1) is 16.6. The summed E-state index contributed by atoms with van der Waals surface area (Å²) in [5, 5.41) is 3.02. The second kappa shape index (κ2) is 7.11. The second-order valence-corrected chi connectivity index (χ2v) is 6.73. The van der Waals surface area contributed by atoms with Crippen LogP contribution in [0, 0.1) is 5.92 Å². The van der Waals surface area contributed by atoms with Crippen LogP contribution in [0.5, 0.6) is 5.75 Å². The van der Waals surface area contributed by atoms with Gasteiger partial charge in [-0.05, 0) is 30.9 Å². The summed E-state index contributed by atoms with van der Waals surface area (Å²) in [4.78, 5) is 28.3. The molecule has 2 saturated heterocycles. The second-order valence-electron chi connectivity index (χ2n) is 6.73. The Kier molecular flexibility index (Phi) is 4.92. The van der Waals surface area contributed by atoms with E-state index in [-0.39, 0.29) is 18.0 Å². The number of methoxy groups -OCH3 is 1. The number of urea groups is 1. The van der Waals surface area contributed by atoms with E-state index in [2.05, 4.69) is 12.2 Å². The number of anilines is 1. The van der Waals surface area contributed by atoms with Crippen LogP contribution in [-0.2, 0) is 4.79 Å². The van der Waals surface area contributed by atoms with Gasteiger partial charge in [0.15, 0.2) is 0 Å². The first-order valence-electron chi connectivity index (χ1n) is 8.56. The molecule has 1 aromatic carbocycles. The van der Waals surface area contributed by atoms with Gasteiger partial charge < -0.3 is 19.9 Å². The van der Waals surface area contributed by atoms with Crippen molar-refractivity contribution >= 4 is 17.6 Å². The molecule has 2 aliphatic rings. The molecule has 0 spiro atoms. The Bertz CT molecular complexity index is 611. The third kappa shape index (κ3) is 3.63. The summed E-state index contributed by atoms with van der Waals surface area (Å²) in [7, 11) is 1.60. The van der Waals surface area contributed by atoms with E-state index in [1.54, 1.807) is 12.0 Å². The van der Waals surface area contributed by atoms with Crippen molar-refractivity contribution in [2.45, 2.75) is 32.2 Å². The van der Waals surface area contributed by atoms with E-state index >= 15 is 0 Å². The zero-order valence-electron chi connectivity index (χ0n) is 14.3. The smallest absolute Gasteiger partial charge is 0.317 e. The van der Waals surface area contributed by atoms with Gasteiger partial charge in [0.05, 0.1) is 13.2 Å². The Morgan fingerprint density at radius 3 is 2.75 bits per heavy atom. The highest BCUT2D eigenvalue weighted by molar-refractivity contribution is 5.97. The number of nitrogens with zero attached hydrogens (tertiary/aromatic N) is 2. The summed E-state index contributed by atoms with van der Waals surface area (Å²) < 4.78 is 5.21. The van der Waals surface area contributed by atoms with Gasteiger partial charge in [0.1, 0.15) is 5.75 Å². The molecule has 0 aromatic heterocycles. The topological polar surface area (TPSA) is 61.9 Å². The summed E-state index contributed by atoms with van der Waals surface area (Å²) in [5.41, 5.74) is 0.808. The predicted molar refractivity (Wildman–Crippen MR) is 92.3 cm³/mol. The molecule has 0 saturated carbocycles. The lowest BCUT2D eigenvalue weighted by molar-refractivity contribution is -0.117. The molecule has 130 valence electrons. The highest BCUT2D eigenvalue weighted by Gasteiger charge is 2.33. The van der Waals surface area contributed by atoms with Gasteiger partial charge >= 0.3 is 6.03 Å². The Hall–Kier alpha value is -2.24. The molecule has 1 N–H and O–H groups in total. The maximum Gasteiger partial charge on any atom is 0.317 e. The highest BCUT2D eigenvalue weighted by Crippen LogP contribution is 2.25. The molecule has 0 aliphatic carbocycles. The molecule has 24 heavy (non-hydrogen) atoms. The maximum absolute atomic E-state index is 12.4. The fraction of sp³-hybridized carbons (Fsp3) is 0.556. The Morgan fingerprint density at radius 1 is 1.29 bits per heavy atom. The molecule has 1 atom stereocenters.